The van der Waals surface area contributed by atoms with Crippen LogP contribution in [0.25, 0.3) is 0 Å². The zero-order valence-corrected chi connectivity index (χ0v) is 9.42. The second kappa shape index (κ2) is 9.96. The Labute approximate surface area is 68.9 Å². The second-order valence-electron chi connectivity index (χ2n) is 1.28. The molecule has 0 amide bonds. The van der Waals surface area contributed by atoms with Gasteiger partial charge in [-0.15, -0.1) is 6.58 Å². The monoisotopic (exact) mass is 212 g/mol. The minimum absolute atomic E-state index is 0. The molecule has 0 saturated heterocycles. The summed E-state index contributed by atoms with van der Waals surface area (Å²) >= 11 is 0. The van der Waals surface area contributed by atoms with Crippen molar-refractivity contribution >= 4 is 0 Å². The summed E-state index contributed by atoms with van der Waals surface area (Å²) in [5.41, 5.74) is 0. The average Bonchev–Trinajstić information content (AvgIpc) is 1.38. The summed E-state index contributed by atoms with van der Waals surface area (Å²) < 4.78 is 0. The predicted molar refractivity (Wildman–Crippen MR) is 24.8 cm³/mol. The molecule has 0 aliphatic rings. The largest absolute Gasteiger partial charge is 1.00 e. The molecular formula is C5H9BrZn-. The van der Waals surface area contributed by atoms with Gasteiger partial charge in [0.05, 0.1) is 0 Å². The maximum atomic E-state index is 3.52. The quantitative estimate of drug-likeness (QED) is 0.481. The maximum Gasteiger partial charge on any atom is 0 e. The van der Waals surface area contributed by atoms with Gasteiger partial charge in [0, 0.05) is 19.5 Å². The minimum Gasteiger partial charge on any atom is -1.00 e. The van der Waals surface area contributed by atoms with E-state index in [0.29, 0.717) is 0 Å². The van der Waals surface area contributed by atoms with Gasteiger partial charge in [-0.05, 0) is 5.92 Å². The number of hydrogen-bond donors (Lipinski definition) is 0. The molecule has 0 aliphatic carbocycles. The van der Waals surface area contributed by atoms with Crippen LogP contribution >= 0.6 is 0 Å². The van der Waals surface area contributed by atoms with E-state index >= 15 is 0 Å². The molecule has 0 atom stereocenters. The number of hydrogen-bond acceptors (Lipinski definition) is 0. The van der Waals surface area contributed by atoms with Crippen LogP contribution in [-0.4, -0.2) is 0 Å². The van der Waals surface area contributed by atoms with Gasteiger partial charge in [0.15, 0.2) is 0 Å². The Morgan fingerprint density at radius 1 is 1.43 bits per heavy atom. The fourth-order valence-electron chi connectivity index (χ4n) is 0. The molecule has 1 radical (unpaired) electrons. The Morgan fingerprint density at radius 2 is 1.57 bits per heavy atom. The van der Waals surface area contributed by atoms with Crippen LogP contribution in [0.15, 0.2) is 12.7 Å². The predicted octanol–water partition coefficient (Wildman–Crippen LogP) is -1.21. The third-order valence-electron chi connectivity index (χ3n) is 0.408. The Balaban J connectivity index is -0.0000000800. The van der Waals surface area contributed by atoms with Crippen molar-refractivity contribution in [2.24, 2.45) is 0 Å². The van der Waals surface area contributed by atoms with Crippen molar-refractivity contribution < 1.29 is 36.5 Å². The van der Waals surface area contributed by atoms with Crippen molar-refractivity contribution in [2.45, 2.75) is 13.8 Å². The van der Waals surface area contributed by atoms with E-state index in [9.17, 15) is 0 Å². The van der Waals surface area contributed by atoms with E-state index in [2.05, 4.69) is 6.58 Å². The molecule has 0 heterocycles. The summed E-state index contributed by atoms with van der Waals surface area (Å²) in [6, 6.07) is 0. The molecule has 0 aromatic heterocycles. The van der Waals surface area contributed by atoms with Gasteiger partial charge in [-0.25, -0.2) is 0 Å². The van der Waals surface area contributed by atoms with Gasteiger partial charge in [-0.3, -0.25) is 0 Å². The van der Waals surface area contributed by atoms with Gasteiger partial charge in [-0.2, -0.15) is 0 Å². The van der Waals surface area contributed by atoms with Crippen molar-refractivity contribution in [3.8, 4) is 0 Å². The molecule has 0 nitrogen and oxygen atoms in total. The Bertz CT molecular complexity index is 35.1. The van der Waals surface area contributed by atoms with Gasteiger partial charge < -0.3 is 17.0 Å². The summed E-state index contributed by atoms with van der Waals surface area (Å²) in [7, 11) is 0. The zero-order chi connectivity index (χ0) is 4.28. The number of halogens is 1. The molecule has 0 aromatic carbocycles. The summed E-state index contributed by atoms with van der Waals surface area (Å²) in [6.07, 6.45) is 1.83. The molecule has 0 aliphatic heterocycles. The zero-order valence-electron chi connectivity index (χ0n) is 4.87. The normalized spacial score (nSPS) is 6.14. The molecular weight excluding hydrogens is 205 g/mol. The van der Waals surface area contributed by atoms with E-state index in [0.717, 1.165) is 0 Å². The molecule has 0 fully saturated rings. The van der Waals surface area contributed by atoms with E-state index in [1.165, 1.54) is 5.92 Å². The van der Waals surface area contributed by atoms with Crippen LogP contribution in [0.1, 0.15) is 13.8 Å². The van der Waals surface area contributed by atoms with Crippen LogP contribution in [0.5, 0.6) is 0 Å². The van der Waals surface area contributed by atoms with Crippen LogP contribution in [0.2, 0.25) is 0 Å². The van der Waals surface area contributed by atoms with Gasteiger partial charge >= 0.3 is 0 Å². The molecule has 0 N–H and O–H groups in total. The van der Waals surface area contributed by atoms with Gasteiger partial charge in [0.1, 0.15) is 0 Å². The van der Waals surface area contributed by atoms with Crippen LogP contribution in [-0.2, 0) is 19.5 Å². The molecule has 0 bridgehead atoms. The van der Waals surface area contributed by atoms with E-state index in [-0.39, 0.29) is 36.5 Å². The second-order valence-corrected chi connectivity index (χ2v) is 1.28. The third-order valence-corrected chi connectivity index (χ3v) is 0.408. The van der Waals surface area contributed by atoms with Crippen molar-refractivity contribution in [3.63, 3.8) is 0 Å². The molecule has 0 rings (SSSR count). The van der Waals surface area contributed by atoms with Gasteiger partial charge in [0.25, 0.3) is 0 Å². The Hall–Kier alpha value is 0.843. The first-order chi connectivity index (χ1) is 2.27. The maximum absolute atomic E-state index is 3.52. The summed E-state index contributed by atoms with van der Waals surface area (Å²) in [6.45, 7) is 7.56. The molecule has 2 heteroatoms. The van der Waals surface area contributed by atoms with Crippen molar-refractivity contribution in [3.05, 3.63) is 18.6 Å². The summed E-state index contributed by atoms with van der Waals surface area (Å²) in [5, 5.41) is 0. The van der Waals surface area contributed by atoms with Crippen molar-refractivity contribution in [1.29, 1.82) is 0 Å². The standard InChI is InChI=1S/C5H9.BrH.Zn/c1-4-5(2)3;;/h4H,1H2,2-3H3;1H;/p-1. The summed E-state index contributed by atoms with van der Waals surface area (Å²) in [4.78, 5) is 0. The first kappa shape index (κ1) is 15.7. The first-order valence-corrected chi connectivity index (χ1v) is 1.70. The molecule has 0 spiro atoms. The van der Waals surface area contributed by atoms with Gasteiger partial charge in [-0.1, -0.05) is 19.9 Å². The molecule has 0 aromatic rings. The third kappa shape index (κ3) is 19.9. The smallest absolute Gasteiger partial charge is 0 e. The van der Waals surface area contributed by atoms with E-state index < -0.39 is 0 Å². The van der Waals surface area contributed by atoms with Crippen LogP contribution in [0, 0.1) is 5.92 Å². The Morgan fingerprint density at radius 3 is 1.57 bits per heavy atom. The molecule has 0 unspecified atom stereocenters. The minimum atomic E-state index is 0. The molecule has 7 heavy (non-hydrogen) atoms. The Kier molecular flexibility index (Phi) is 22.3. The number of rotatable bonds is 1. The van der Waals surface area contributed by atoms with Crippen molar-refractivity contribution in [1.82, 2.24) is 0 Å². The topological polar surface area (TPSA) is 0 Å². The fourth-order valence-corrected chi connectivity index (χ4v) is 0. The molecule has 39 valence electrons. The first-order valence-electron chi connectivity index (χ1n) is 1.70. The van der Waals surface area contributed by atoms with Crippen LogP contribution < -0.4 is 17.0 Å². The van der Waals surface area contributed by atoms with Crippen molar-refractivity contribution in [2.75, 3.05) is 0 Å². The summed E-state index contributed by atoms with van der Waals surface area (Å²) in [5.74, 6) is 1.27. The van der Waals surface area contributed by atoms with E-state index in [1.807, 2.05) is 19.9 Å². The number of allylic oxidation sites excluding steroid dienone is 1. The fraction of sp³-hybridized carbons (Fsp3) is 0.400. The molecule has 0 saturated carbocycles. The van der Waals surface area contributed by atoms with Gasteiger partial charge in [0.2, 0.25) is 0 Å². The van der Waals surface area contributed by atoms with Crippen LogP contribution in [0.4, 0.5) is 0 Å². The van der Waals surface area contributed by atoms with E-state index in [1.54, 1.807) is 0 Å². The van der Waals surface area contributed by atoms with E-state index in [4.69, 9.17) is 0 Å². The average molecular weight is 214 g/mol. The SMILES string of the molecule is C=C[C](C)C.[Br-].[Zn]. The van der Waals surface area contributed by atoms with Crippen LogP contribution in [0.3, 0.4) is 0 Å².